The van der Waals surface area contributed by atoms with Crippen LogP contribution in [0.1, 0.15) is 20.7 Å². The molecule has 25 heavy (non-hydrogen) atoms. The molecule has 0 aliphatic rings. The quantitative estimate of drug-likeness (QED) is 0.640. The highest BCUT2D eigenvalue weighted by atomic mass is 16.2. The fourth-order valence-corrected chi connectivity index (χ4v) is 2.41. The summed E-state index contributed by atoms with van der Waals surface area (Å²) in [7, 11) is 0. The van der Waals surface area contributed by atoms with E-state index in [1.165, 1.54) is 12.1 Å². The van der Waals surface area contributed by atoms with Gasteiger partial charge in [0, 0.05) is 22.5 Å². The molecule has 0 radical (unpaired) electrons. The lowest BCUT2D eigenvalue weighted by Gasteiger charge is -2.07. The molecular formula is C20H17N3O2. The molecular weight excluding hydrogens is 314 g/mol. The molecule has 2 amide bonds. The minimum atomic E-state index is -0.523. The van der Waals surface area contributed by atoms with Gasteiger partial charge in [0.2, 0.25) is 5.91 Å². The first-order valence-corrected chi connectivity index (χ1v) is 7.70. The summed E-state index contributed by atoms with van der Waals surface area (Å²) in [5.74, 6) is -0.776. The SMILES string of the molecule is NC(=O)c1ccc(C(=O)Nc2ccc(-c3ccc(N)cc3)cc2)cc1. The highest BCUT2D eigenvalue weighted by Gasteiger charge is 2.08. The average Bonchev–Trinajstić information content (AvgIpc) is 2.63. The van der Waals surface area contributed by atoms with E-state index in [1.54, 1.807) is 12.1 Å². The Bertz CT molecular complexity index is 899. The van der Waals surface area contributed by atoms with Gasteiger partial charge in [-0.15, -0.1) is 0 Å². The predicted molar refractivity (Wildman–Crippen MR) is 99.2 cm³/mol. The number of carbonyl (C=O) groups is 2. The van der Waals surface area contributed by atoms with Crippen molar-refractivity contribution in [1.29, 1.82) is 0 Å². The molecule has 3 aromatic carbocycles. The van der Waals surface area contributed by atoms with Crippen molar-refractivity contribution in [3.05, 3.63) is 83.9 Å². The number of rotatable bonds is 4. The number of anilines is 2. The number of nitrogens with two attached hydrogens (primary N) is 2. The molecule has 0 heterocycles. The number of nitrogens with one attached hydrogen (secondary N) is 1. The van der Waals surface area contributed by atoms with Gasteiger partial charge in [-0.25, -0.2) is 0 Å². The van der Waals surface area contributed by atoms with Crippen molar-refractivity contribution < 1.29 is 9.59 Å². The molecule has 0 fully saturated rings. The monoisotopic (exact) mass is 331 g/mol. The Morgan fingerprint density at radius 1 is 0.680 bits per heavy atom. The number of amides is 2. The second-order valence-electron chi connectivity index (χ2n) is 5.60. The van der Waals surface area contributed by atoms with Crippen LogP contribution in [0.2, 0.25) is 0 Å². The molecule has 0 aliphatic heterocycles. The van der Waals surface area contributed by atoms with Gasteiger partial charge in [-0.3, -0.25) is 9.59 Å². The Kier molecular flexibility index (Phi) is 4.48. The Hall–Kier alpha value is -3.60. The Balaban J connectivity index is 1.71. The summed E-state index contributed by atoms with van der Waals surface area (Å²) >= 11 is 0. The fourth-order valence-electron chi connectivity index (χ4n) is 2.41. The van der Waals surface area contributed by atoms with Crippen LogP contribution in [-0.4, -0.2) is 11.8 Å². The maximum atomic E-state index is 12.2. The summed E-state index contributed by atoms with van der Waals surface area (Å²) in [6.45, 7) is 0. The van der Waals surface area contributed by atoms with Gasteiger partial charge in [0.15, 0.2) is 0 Å². The average molecular weight is 331 g/mol. The molecule has 0 saturated carbocycles. The van der Waals surface area contributed by atoms with Crippen LogP contribution < -0.4 is 16.8 Å². The Morgan fingerprint density at radius 3 is 1.68 bits per heavy atom. The number of primary amides is 1. The Morgan fingerprint density at radius 2 is 1.16 bits per heavy atom. The standard InChI is InChI=1S/C20H17N3O2/c21-17-9-5-13(6-10-17)14-7-11-18(12-8-14)23-20(25)16-3-1-15(2-4-16)19(22)24/h1-12H,21H2,(H2,22,24)(H,23,25). The zero-order valence-corrected chi connectivity index (χ0v) is 13.4. The lowest BCUT2D eigenvalue weighted by molar-refractivity contribution is 0.0995. The molecule has 3 rings (SSSR count). The summed E-state index contributed by atoms with van der Waals surface area (Å²) in [6, 6.07) is 21.3. The van der Waals surface area contributed by atoms with Crippen molar-refractivity contribution in [2.75, 3.05) is 11.1 Å². The molecule has 5 heteroatoms. The molecule has 0 bridgehead atoms. The van der Waals surface area contributed by atoms with Gasteiger partial charge in [0.25, 0.3) is 5.91 Å². The summed E-state index contributed by atoms with van der Waals surface area (Å²) in [5.41, 5.74) is 15.2. The molecule has 0 atom stereocenters. The van der Waals surface area contributed by atoms with E-state index in [0.717, 1.165) is 16.8 Å². The van der Waals surface area contributed by atoms with Gasteiger partial charge in [0.05, 0.1) is 0 Å². The van der Waals surface area contributed by atoms with Crippen LogP contribution in [0.3, 0.4) is 0 Å². The summed E-state index contributed by atoms with van der Waals surface area (Å²) in [4.78, 5) is 23.3. The minimum Gasteiger partial charge on any atom is -0.399 e. The van der Waals surface area contributed by atoms with Crippen LogP contribution in [0.5, 0.6) is 0 Å². The molecule has 0 saturated heterocycles. The molecule has 5 N–H and O–H groups in total. The number of carbonyl (C=O) groups excluding carboxylic acids is 2. The van der Waals surface area contributed by atoms with Crippen LogP contribution in [0, 0.1) is 0 Å². The maximum Gasteiger partial charge on any atom is 0.255 e. The van der Waals surface area contributed by atoms with Crippen molar-refractivity contribution in [1.82, 2.24) is 0 Å². The van der Waals surface area contributed by atoms with Crippen LogP contribution in [0.25, 0.3) is 11.1 Å². The summed E-state index contributed by atoms with van der Waals surface area (Å²) < 4.78 is 0. The van der Waals surface area contributed by atoms with Crippen molar-refractivity contribution in [2.45, 2.75) is 0 Å². The third-order valence-corrected chi connectivity index (χ3v) is 3.82. The van der Waals surface area contributed by atoms with Crippen molar-refractivity contribution in [2.24, 2.45) is 5.73 Å². The lowest BCUT2D eigenvalue weighted by Crippen LogP contribution is -2.14. The van der Waals surface area contributed by atoms with E-state index in [2.05, 4.69) is 5.32 Å². The first kappa shape index (κ1) is 16.3. The Labute approximate surface area is 145 Å². The van der Waals surface area contributed by atoms with Gasteiger partial charge in [-0.1, -0.05) is 24.3 Å². The molecule has 124 valence electrons. The maximum absolute atomic E-state index is 12.2. The van der Waals surface area contributed by atoms with E-state index in [4.69, 9.17) is 11.5 Å². The fraction of sp³-hybridized carbons (Fsp3) is 0. The summed E-state index contributed by atoms with van der Waals surface area (Å²) in [6.07, 6.45) is 0. The second-order valence-corrected chi connectivity index (χ2v) is 5.60. The minimum absolute atomic E-state index is 0.253. The third-order valence-electron chi connectivity index (χ3n) is 3.82. The molecule has 5 nitrogen and oxygen atoms in total. The van der Waals surface area contributed by atoms with Crippen molar-refractivity contribution >= 4 is 23.2 Å². The van der Waals surface area contributed by atoms with Gasteiger partial charge >= 0.3 is 0 Å². The molecule has 0 aromatic heterocycles. The highest BCUT2D eigenvalue weighted by molar-refractivity contribution is 6.05. The zero-order valence-electron chi connectivity index (χ0n) is 13.4. The van der Waals surface area contributed by atoms with Crippen molar-refractivity contribution in [3.63, 3.8) is 0 Å². The molecule has 3 aromatic rings. The van der Waals surface area contributed by atoms with Crippen molar-refractivity contribution in [3.8, 4) is 11.1 Å². The zero-order chi connectivity index (χ0) is 17.8. The first-order valence-electron chi connectivity index (χ1n) is 7.70. The van der Waals surface area contributed by atoms with Gasteiger partial charge < -0.3 is 16.8 Å². The molecule has 0 unspecified atom stereocenters. The predicted octanol–water partition coefficient (Wildman–Crippen LogP) is 3.29. The van der Waals surface area contributed by atoms with Crippen LogP contribution in [0.4, 0.5) is 11.4 Å². The number of benzene rings is 3. The second kappa shape index (κ2) is 6.88. The third kappa shape index (κ3) is 3.84. The summed E-state index contributed by atoms with van der Waals surface area (Å²) in [5, 5.41) is 2.82. The van der Waals surface area contributed by atoms with Gasteiger partial charge in [-0.05, 0) is 59.7 Å². The number of hydrogen-bond donors (Lipinski definition) is 3. The lowest BCUT2D eigenvalue weighted by atomic mass is 10.0. The van der Waals surface area contributed by atoms with Crippen LogP contribution >= 0.6 is 0 Å². The van der Waals surface area contributed by atoms with E-state index in [-0.39, 0.29) is 5.91 Å². The van der Waals surface area contributed by atoms with E-state index >= 15 is 0 Å². The van der Waals surface area contributed by atoms with Crippen LogP contribution in [-0.2, 0) is 0 Å². The smallest absolute Gasteiger partial charge is 0.255 e. The molecule has 0 spiro atoms. The number of hydrogen-bond acceptors (Lipinski definition) is 3. The largest absolute Gasteiger partial charge is 0.399 e. The topological polar surface area (TPSA) is 98.2 Å². The molecule has 0 aliphatic carbocycles. The van der Waals surface area contributed by atoms with E-state index in [1.807, 2.05) is 48.5 Å². The van der Waals surface area contributed by atoms with E-state index in [9.17, 15) is 9.59 Å². The van der Waals surface area contributed by atoms with E-state index in [0.29, 0.717) is 16.8 Å². The highest BCUT2D eigenvalue weighted by Crippen LogP contribution is 2.22. The van der Waals surface area contributed by atoms with E-state index < -0.39 is 5.91 Å². The first-order chi connectivity index (χ1) is 12.0. The number of nitrogen functional groups attached to an aromatic ring is 1. The van der Waals surface area contributed by atoms with Crippen LogP contribution in [0.15, 0.2) is 72.8 Å². The van der Waals surface area contributed by atoms with Gasteiger partial charge in [-0.2, -0.15) is 0 Å². The van der Waals surface area contributed by atoms with Gasteiger partial charge in [0.1, 0.15) is 0 Å². The normalized spacial score (nSPS) is 10.2.